The Bertz CT molecular complexity index is 456. The van der Waals surface area contributed by atoms with Crippen molar-refractivity contribution in [3.63, 3.8) is 0 Å². The fourth-order valence-corrected chi connectivity index (χ4v) is 2.78. The number of hydrogen-bond donors (Lipinski definition) is 0. The minimum absolute atomic E-state index is 0.392. The van der Waals surface area contributed by atoms with Gasteiger partial charge in [-0.1, -0.05) is 12.1 Å². The Kier molecular flexibility index (Phi) is 3.33. The SMILES string of the molecule is O=C1CCCN(CCc2ccc3c(c2)CCO3)C1. The Morgan fingerprint density at radius 1 is 1.28 bits per heavy atom. The summed E-state index contributed by atoms with van der Waals surface area (Å²) in [7, 11) is 0. The highest BCUT2D eigenvalue weighted by molar-refractivity contribution is 5.81. The van der Waals surface area contributed by atoms with Crippen LogP contribution in [0.3, 0.4) is 0 Å². The second-order valence-corrected chi connectivity index (χ2v) is 5.21. The lowest BCUT2D eigenvalue weighted by Crippen LogP contribution is -2.36. The third kappa shape index (κ3) is 2.56. The van der Waals surface area contributed by atoms with Gasteiger partial charge in [0.25, 0.3) is 0 Å². The zero-order valence-corrected chi connectivity index (χ0v) is 10.7. The molecule has 2 aliphatic rings. The molecule has 1 saturated heterocycles. The lowest BCUT2D eigenvalue weighted by molar-refractivity contribution is -0.122. The average Bonchev–Trinajstić information content (AvgIpc) is 2.84. The van der Waals surface area contributed by atoms with E-state index >= 15 is 0 Å². The van der Waals surface area contributed by atoms with Crippen molar-refractivity contribution < 1.29 is 9.53 Å². The second-order valence-electron chi connectivity index (χ2n) is 5.21. The number of ketones is 1. The smallest absolute Gasteiger partial charge is 0.146 e. The predicted octanol–water partition coefficient (Wildman–Crippen LogP) is 1.83. The number of carbonyl (C=O) groups is 1. The number of Topliss-reactive ketones (excluding diaryl/α,β-unsaturated/α-hetero) is 1. The molecule has 0 N–H and O–H groups in total. The summed E-state index contributed by atoms with van der Waals surface area (Å²) in [5.41, 5.74) is 2.69. The lowest BCUT2D eigenvalue weighted by Gasteiger charge is -2.25. The van der Waals surface area contributed by atoms with E-state index < -0.39 is 0 Å². The molecule has 0 saturated carbocycles. The quantitative estimate of drug-likeness (QED) is 0.813. The normalized spacial score (nSPS) is 19.7. The molecule has 3 rings (SSSR count). The van der Waals surface area contributed by atoms with Crippen LogP contribution in [0, 0.1) is 0 Å². The summed E-state index contributed by atoms with van der Waals surface area (Å²) in [6.45, 7) is 3.53. The van der Waals surface area contributed by atoms with E-state index in [0.29, 0.717) is 12.3 Å². The zero-order chi connectivity index (χ0) is 12.4. The van der Waals surface area contributed by atoms with Crippen molar-refractivity contribution in [2.75, 3.05) is 26.2 Å². The number of ether oxygens (including phenoxy) is 1. The number of rotatable bonds is 3. The fraction of sp³-hybridized carbons (Fsp3) is 0.533. The van der Waals surface area contributed by atoms with Gasteiger partial charge in [-0.2, -0.15) is 0 Å². The van der Waals surface area contributed by atoms with Crippen LogP contribution in [0.15, 0.2) is 18.2 Å². The molecule has 2 heterocycles. The van der Waals surface area contributed by atoms with Gasteiger partial charge in [0.05, 0.1) is 13.2 Å². The Morgan fingerprint density at radius 3 is 3.11 bits per heavy atom. The Hall–Kier alpha value is -1.35. The van der Waals surface area contributed by atoms with E-state index in [1.807, 2.05) is 0 Å². The third-order valence-electron chi connectivity index (χ3n) is 3.80. The van der Waals surface area contributed by atoms with Gasteiger partial charge < -0.3 is 4.74 Å². The maximum Gasteiger partial charge on any atom is 0.146 e. The monoisotopic (exact) mass is 245 g/mol. The van der Waals surface area contributed by atoms with Crippen molar-refractivity contribution in [2.45, 2.75) is 25.7 Å². The van der Waals surface area contributed by atoms with Gasteiger partial charge in [0.1, 0.15) is 11.5 Å². The molecule has 0 radical (unpaired) electrons. The number of piperidine rings is 1. The maximum absolute atomic E-state index is 11.4. The highest BCUT2D eigenvalue weighted by Gasteiger charge is 2.17. The van der Waals surface area contributed by atoms with Gasteiger partial charge in [-0.25, -0.2) is 0 Å². The van der Waals surface area contributed by atoms with E-state index in [9.17, 15) is 4.79 Å². The molecule has 18 heavy (non-hydrogen) atoms. The minimum atomic E-state index is 0.392. The Balaban J connectivity index is 1.58. The van der Waals surface area contributed by atoms with Gasteiger partial charge in [-0.3, -0.25) is 9.69 Å². The first-order valence-electron chi connectivity index (χ1n) is 6.80. The number of fused-ring (bicyclic) bond motifs is 1. The summed E-state index contributed by atoms with van der Waals surface area (Å²) in [5, 5.41) is 0. The standard InChI is InChI=1S/C15H19NO2/c17-14-2-1-7-16(11-14)8-5-12-3-4-15-13(10-12)6-9-18-15/h3-4,10H,1-2,5-9,11H2. The molecular formula is C15H19NO2. The molecular weight excluding hydrogens is 226 g/mol. The molecule has 1 aromatic carbocycles. The minimum Gasteiger partial charge on any atom is -0.493 e. The predicted molar refractivity (Wildman–Crippen MR) is 70.0 cm³/mol. The molecule has 0 bridgehead atoms. The zero-order valence-electron chi connectivity index (χ0n) is 10.7. The molecule has 1 aromatic rings. The van der Waals surface area contributed by atoms with Crippen LogP contribution in [-0.2, 0) is 17.6 Å². The van der Waals surface area contributed by atoms with E-state index in [1.165, 1.54) is 11.1 Å². The van der Waals surface area contributed by atoms with Gasteiger partial charge in [0.15, 0.2) is 0 Å². The molecule has 96 valence electrons. The number of nitrogens with zero attached hydrogens (tertiary/aromatic N) is 1. The van der Waals surface area contributed by atoms with Crippen LogP contribution in [0.5, 0.6) is 5.75 Å². The number of hydrogen-bond acceptors (Lipinski definition) is 3. The lowest BCUT2D eigenvalue weighted by atomic mass is 10.0. The van der Waals surface area contributed by atoms with Crippen LogP contribution in [0.25, 0.3) is 0 Å². The molecule has 2 aliphatic heterocycles. The largest absolute Gasteiger partial charge is 0.493 e. The van der Waals surface area contributed by atoms with Crippen LogP contribution >= 0.6 is 0 Å². The number of carbonyl (C=O) groups excluding carboxylic acids is 1. The molecule has 0 unspecified atom stereocenters. The molecule has 0 atom stereocenters. The molecule has 3 heteroatoms. The molecule has 3 nitrogen and oxygen atoms in total. The highest BCUT2D eigenvalue weighted by Crippen LogP contribution is 2.26. The van der Waals surface area contributed by atoms with E-state index in [2.05, 4.69) is 23.1 Å². The molecule has 0 aromatic heterocycles. The Morgan fingerprint density at radius 2 is 2.22 bits per heavy atom. The van der Waals surface area contributed by atoms with Crippen molar-refractivity contribution in [2.24, 2.45) is 0 Å². The first-order chi connectivity index (χ1) is 8.81. The van der Waals surface area contributed by atoms with Crippen molar-refractivity contribution in [3.05, 3.63) is 29.3 Å². The van der Waals surface area contributed by atoms with Crippen LogP contribution in [0.4, 0.5) is 0 Å². The Labute approximate surface area is 108 Å². The van der Waals surface area contributed by atoms with Crippen LogP contribution in [-0.4, -0.2) is 36.9 Å². The molecule has 0 aliphatic carbocycles. The first-order valence-corrected chi connectivity index (χ1v) is 6.80. The van der Waals surface area contributed by atoms with Gasteiger partial charge >= 0.3 is 0 Å². The summed E-state index contributed by atoms with van der Waals surface area (Å²) in [6.07, 6.45) is 3.86. The topological polar surface area (TPSA) is 29.5 Å². The average molecular weight is 245 g/mol. The summed E-state index contributed by atoms with van der Waals surface area (Å²) in [5.74, 6) is 1.44. The van der Waals surface area contributed by atoms with Crippen LogP contribution in [0.2, 0.25) is 0 Å². The van der Waals surface area contributed by atoms with Gasteiger partial charge in [-0.15, -0.1) is 0 Å². The van der Waals surface area contributed by atoms with Gasteiger partial charge in [-0.05, 0) is 36.6 Å². The molecule has 0 spiro atoms. The maximum atomic E-state index is 11.4. The van der Waals surface area contributed by atoms with Crippen molar-refractivity contribution in [3.8, 4) is 5.75 Å². The summed E-state index contributed by atoms with van der Waals surface area (Å²) >= 11 is 0. The van der Waals surface area contributed by atoms with E-state index in [-0.39, 0.29) is 0 Å². The first kappa shape index (κ1) is 11.7. The van der Waals surface area contributed by atoms with Crippen molar-refractivity contribution in [1.29, 1.82) is 0 Å². The second kappa shape index (κ2) is 5.11. The molecule has 1 fully saturated rings. The molecule has 0 amide bonds. The van der Waals surface area contributed by atoms with Crippen molar-refractivity contribution in [1.82, 2.24) is 4.90 Å². The highest BCUT2D eigenvalue weighted by atomic mass is 16.5. The van der Waals surface area contributed by atoms with Crippen LogP contribution < -0.4 is 4.74 Å². The summed E-state index contributed by atoms with van der Waals surface area (Å²) < 4.78 is 5.51. The van der Waals surface area contributed by atoms with E-state index in [1.54, 1.807) is 0 Å². The number of benzene rings is 1. The van der Waals surface area contributed by atoms with E-state index in [0.717, 1.165) is 51.1 Å². The van der Waals surface area contributed by atoms with Gasteiger partial charge in [0, 0.05) is 19.4 Å². The summed E-state index contributed by atoms with van der Waals surface area (Å²) in [6, 6.07) is 6.49. The van der Waals surface area contributed by atoms with Crippen LogP contribution in [0.1, 0.15) is 24.0 Å². The summed E-state index contributed by atoms with van der Waals surface area (Å²) in [4.78, 5) is 13.7. The van der Waals surface area contributed by atoms with E-state index in [4.69, 9.17) is 4.74 Å². The third-order valence-corrected chi connectivity index (χ3v) is 3.80. The van der Waals surface area contributed by atoms with Gasteiger partial charge in [0.2, 0.25) is 0 Å². The number of likely N-dealkylation sites (tertiary alicyclic amines) is 1. The fourth-order valence-electron chi connectivity index (χ4n) is 2.78. The van der Waals surface area contributed by atoms with Crippen molar-refractivity contribution >= 4 is 5.78 Å².